The minimum Gasteiger partial charge on any atom is -0.328 e. The number of nitrogens with zero attached hydrogens (tertiary/aromatic N) is 1. The van der Waals surface area contributed by atoms with Gasteiger partial charge in [0.05, 0.1) is 10.7 Å². The molecular formula is C11H18N2S. The largest absolute Gasteiger partial charge is 0.328 e. The van der Waals surface area contributed by atoms with Crippen molar-refractivity contribution in [3.8, 4) is 0 Å². The van der Waals surface area contributed by atoms with E-state index in [0.717, 1.165) is 19.3 Å². The van der Waals surface area contributed by atoms with Crippen LogP contribution < -0.4 is 5.73 Å². The topological polar surface area (TPSA) is 38.9 Å². The number of nitrogens with two attached hydrogens (primary N) is 1. The van der Waals surface area contributed by atoms with E-state index in [2.05, 4.69) is 18.8 Å². The van der Waals surface area contributed by atoms with Crippen molar-refractivity contribution >= 4 is 11.3 Å². The molecule has 0 aliphatic heterocycles. The van der Waals surface area contributed by atoms with Crippen LogP contribution in [0.5, 0.6) is 0 Å². The molecule has 1 heterocycles. The molecule has 0 aromatic carbocycles. The van der Waals surface area contributed by atoms with Crippen molar-refractivity contribution < 1.29 is 0 Å². The highest BCUT2D eigenvalue weighted by atomic mass is 32.1. The first-order valence-electron chi connectivity index (χ1n) is 5.42. The van der Waals surface area contributed by atoms with Gasteiger partial charge in [-0.05, 0) is 38.5 Å². The van der Waals surface area contributed by atoms with Gasteiger partial charge in [0.2, 0.25) is 0 Å². The predicted molar refractivity (Wildman–Crippen MR) is 60.8 cm³/mol. The van der Waals surface area contributed by atoms with E-state index in [0.29, 0.717) is 12.0 Å². The standard InChI is InChI=1S/C11H18N2S/c1-3-4-10-13-7(2)11(14-10)8-5-9(12)6-8/h8-9H,3-6,12H2,1-2H3. The highest BCUT2D eigenvalue weighted by molar-refractivity contribution is 7.11. The zero-order valence-electron chi connectivity index (χ0n) is 8.92. The van der Waals surface area contributed by atoms with Gasteiger partial charge in [-0.15, -0.1) is 11.3 Å². The molecule has 1 fully saturated rings. The zero-order valence-corrected chi connectivity index (χ0v) is 9.73. The SMILES string of the molecule is CCCc1nc(C)c(C2CC(N)C2)s1. The minimum atomic E-state index is 0.441. The van der Waals surface area contributed by atoms with E-state index in [1.54, 1.807) is 0 Å². The van der Waals surface area contributed by atoms with Gasteiger partial charge in [0.25, 0.3) is 0 Å². The summed E-state index contributed by atoms with van der Waals surface area (Å²) >= 11 is 1.90. The number of aryl methyl sites for hydroxylation is 2. The quantitative estimate of drug-likeness (QED) is 0.833. The fourth-order valence-corrected chi connectivity index (χ4v) is 3.34. The van der Waals surface area contributed by atoms with E-state index in [1.165, 1.54) is 22.0 Å². The summed E-state index contributed by atoms with van der Waals surface area (Å²) in [6.07, 6.45) is 4.64. The Morgan fingerprint density at radius 1 is 1.50 bits per heavy atom. The van der Waals surface area contributed by atoms with Crippen molar-refractivity contribution in [2.75, 3.05) is 0 Å². The van der Waals surface area contributed by atoms with E-state index in [9.17, 15) is 0 Å². The molecule has 0 amide bonds. The average Bonchev–Trinajstić information content (AvgIpc) is 2.42. The first-order chi connectivity index (χ1) is 6.70. The van der Waals surface area contributed by atoms with Crippen molar-refractivity contribution in [3.05, 3.63) is 15.6 Å². The van der Waals surface area contributed by atoms with Crippen molar-refractivity contribution in [2.45, 2.75) is 51.5 Å². The second-order valence-electron chi connectivity index (χ2n) is 4.24. The molecular weight excluding hydrogens is 192 g/mol. The number of hydrogen-bond acceptors (Lipinski definition) is 3. The van der Waals surface area contributed by atoms with Gasteiger partial charge in [0.1, 0.15) is 0 Å². The Bertz CT molecular complexity index is 313. The third kappa shape index (κ3) is 1.84. The minimum absolute atomic E-state index is 0.441. The van der Waals surface area contributed by atoms with Crippen molar-refractivity contribution in [1.82, 2.24) is 4.98 Å². The van der Waals surface area contributed by atoms with Gasteiger partial charge in [0.15, 0.2) is 0 Å². The maximum atomic E-state index is 5.81. The number of thiazole rings is 1. The van der Waals surface area contributed by atoms with Crippen LogP contribution in [-0.2, 0) is 6.42 Å². The Labute approximate surface area is 89.5 Å². The summed E-state index contributed by atoms with van der Waals surface area (Å²) < 4.78 is 0. The summed E-state index contributed by atoms with van der Waals surface area (Å²) in [6.45, 7) is 4.34. The molecule has 3 heteroatoms. The molecule has 2 nitrogen and oxygen atoms in total. The summed E-state index contributed by atoms with van der Waals surface area (Å²) in [5.41, 5.74) is 7.05. The first kappa shape index (κ1) is 10.1. The zero-order chi connectivity index (χ0) is 10.1. The van der Waals surface area contributed by atoms with Crippen LogP contribution in [0.3, 0.4) is 0 Å². The highest BCUT2D eigenvalue weighted by Crippen LogP contribution is 2.40. The van der Waals surface area contributed by atoms with Gasteiger partial charge in [-0.25, -0.2) is 4.98 Å². The fraction of sp³-hybridized carbons (Fsp3) is 0.727. The van der Waals surface area contributed by atoms with Crippen LogP contribution in [0.2, 0.25) is 0 Å². The molecule has 0 bridgehead atoms. The van der Waals surface area contributed by atoms with Crippen LogP contribution in [0, 0.1) is 6.92 Å². The summed E-state index contributed by atoms with van der Waals surface area (Å²) in [5.74, 6) is 0.716. The predicted octanol–water partition coefficient (Wildman–Crippen LogP) is 2.61. The van der Waals surface area contributed by atoms with Crippen LogP contribution in [0.4, 0.5) is 0 Å². The highest BCUT2D eigenvalue weighted by Gasteiger charge is 2.30. The molecule has 1 aliphatic carbocycles. The van der Waals surface area contributed by atoms with E-state index in [1.807, 2.05) is 11.3 Å². The number of aromatic nitrogens is 1. The molecule has 1 aromatic heterocycles. The molecule has 0 unspecified atom stereocenters. The van der Waals surface area contributed by atoms with Gasteiger partial charge in [-0.1, -0.05) is 6.92 Å². The molecule has 1 aromatic rings. The van der Waals surface area contributed by atoms with E-state index >= 15 is 0 Å². The van der Waals surface area contributed by atoms with Gasteiger partial charge < -0.3 is 5.73 Å². The van der Waals surface area contributed by atoms with Crippen molar-refractivity contribution in [2.24, 2.45) is 5.73 Å². The molecule has 1 saturated carbocycles. The van der Waals surface area contributed by atoms with Gasteiger partial charge in [-0.2, -0.15) is 0 Å². The Morgan fingerprint density at radius 2 is 2.21 bits per heavy atom. The molecule has 0 radical (unpaired) electrons. The molecule has 2 N–H and O–H groups in total. The van der Waals surface area contributed by atoms with Crippen LogP contribution in [0.25, 0.3) is 0 Å². The maximum absolute atomic E-state index is 5.81. The van der Waals surface area contributed by atoms with E-state index in [-0.39, 0.29) is 0 Å². The van der Waals surface area contributed by atoms with Crippen LogP contribution >= 0.6 is 11.3 Å². The number of hydrogen-bond donors (Lipinski definition) is 1. The molecule has 0 saturated heterocycles. The van der Waals surface area contributed by atoms with E-state index in [4.69, 9.17) is 5.73 Å². The summed E-state index contributed by atoms with van der Waals surface area (Å²) in [7, 11) is 0. The monoisotopic (exact) mass is 210 g/mol. The Morgan fingerprint density at radius 3 is 2.79 bits per heavy atom. The fourth-order valence-electron chi connectivity index (χ4n) is 2.04. The molecule has 0 atom stereocenters. The van der Waals surface area contributed by atoms with Crippen molar-refractivity contribution in [1.29, 1.82) is 0 Å². The summed E-state index contributed by atoms with van der Waals surface area (Å²) in [6, 6.07) is 0.441. The normalized spacial score (nSPS) is 26.2. The third-order valence-electron chi connectivity index (χ3n) is 2.89. The van der Waals surface area contributed by atoms with Gasteiger partial charge >= 0.3 is 0 Å². The lowest BCUT2D eigenvalue weighted by molar-refractivity contribution is 0.354. The third-order valence-corrected chi connectivity index (χ3v) is 4.27. The Hall–Kier alpha value is -0.410. The van der Waals surface area contributed by atoms with Crippen LogP contribution in [-0.4, -0.2) is 11.0 Å². The lowest BCUT2D eigenvalue weighted by Gasteiger charge is -2.31. The van der Waals surface area contributed by atoms with Crippen molar-refractivity contribution in [3.63, 3.8) is 0 Å². The molecule has 2 rings (SSSR count). The Kier molecular flexibility index (Phi) is 2.88. The second kappa shape index (κ2) is 3.99. The van der Waals surface area contributed by atoms with Gasteiger partial charge in [0, 0.05) is 10.9 Å². The maximum Gasteiger partial charge on any atom is 0.0930 e. The molecule has 78 valence electrons. The molecule has 1 aliphatic rings. The molecule has 14 heavy (non-hydrogen) atoms. The first-order valence-corrected chi connectivity index (χ1v) is 6.24. The number of rotatable bonds is 3. The average molecular weight is 210 g/mol. The lowest BCUT2D eigenvalue weighted by Crippen LogP contribution is -2.34. The summed E-state index contributed by atoms with van der Waals surface area (Å²) in [5, 5.41) is 1.31. The van der Waals surface area contributed by atoms with E-state index < -0.39 is 0 Å². The second-order valence-corrected chi connectivity index (χ2v) is 5.35. The van der Waals surface area contributed by atoms with Gasteiger partial charge in [-0.3, -0.25) is 0 Å². The lowest BCUT2D eigenvalue weighted by atomic mass is 9.79. The van der Waals surface area contributed by atoms with Crippen LogP contribution in [0.1, 0.15) is 47.7 Å². The molecule has 0 spiro atoms. The van der Waals surface area contributed by atoms with Crippen LogP contribution in [0.15, 0.2) is 0 Å². The summed E-state index contributed by atoms with van der Waals surface area (Å²) in [4.78, 5) is 6.10. The smallest absolute Gasteiger partial charge is 0.0930 e. The Balaban J connectivity index is 2.09.